The van der Waals surface area contributed by atoms with E-state index in [0.29, 0.717) is 18.9 Å². The molecule has 2 aromatic rings. The van der Waals surface area contributed by atoms with Crippen LogP contribution >= 0.6 is 0 Å². The van der Waals surface area contributed by atoms with Gasteiger partial charge in [-0.2, -0.15) is 5.10 Å². The SMILES string of the molecule is Cc1cc(C(=O)N2CC3(CCCC3)c3cc4c(cc3C2C)OCCO4)n(C)n1. The fourth-order valence-corrected chi connectivity index (χ4v) is 5.31. The summed E-state index contributed by atoms with van der Waals surface area (Å²) in [6.45, 7) is 5.97. The summed E-state index contributed by atoms with van der Waals surface area (Å²) in [6.07, 6.45) is 4.63. The first kappa shape index (κ1) is 17.6. The van der Waals surface area contributed by atoms with Crippen molar-refractivity contribution in [2.24, 2.45) is 7.05 Å². The van der Waals surface area contributed by atoms with Crippen LogP contribution in [0.15, 0.2) is 18.2 Å². The Bertz CT molecular complexity index is 943. The Hall–Kier alpha value is -2.50. The van der Waals surface area contributed by atoms with Crippen LogP contribution in [-0.2, 0) is 12.5 Å². The molecule has 3 heterocycles. The highest BCUT2D eigenvalue weighted by Gasteiger charge is 2.46. The van der Waals surface area contributed by atoms with Gasteiger partial charge in [0.1, 0.15) is 18.9 Å². The van der Waals surface area contributed by atoms with E-state index in [1.54, 1.807) is 4.68 Å². The number of carbonyl (C=O) groups excluding carboxylic acids is 1. The molecule has 2 aliphatic heterocycles. The topological polar surface area (TPSA) is 56.6 Å². The van der Waals surface area contributed by atoms with E-state index in [9.17, 15) is 4.79 Å². The van der Waals surface area contributed by atoms with Crippen LogP contribution in [-0.4, -0.2) is 40.3 Å². The molecule has 1 unspecified atom stereocenters. The Balaban J connectivity index is 1.61. The maximum Gasteiger partial charge on any atom is 0.272 e. The zero-order valence-corrected chi connectivity index (χ0v) is 16.8. The molecule has 0 bridgehead atoms. The number of hydrogen-bond acceptors (Lipinski definition) is 4. The van der Waals surface area contributed by atoms with Gasteiger partial charge in [0.2, 0.25) is 0 Å². The molecule has 0 N–H and O–H groups in total. The lowest BCUT2D eigenvalue weighted by Crippen LogP contribution is -2.49. The van der Waals surface area contributed by atoms with Crippen molar-refractivity contribution in [3.05, 3.63) is 40.7 Å². The lowest BCUT2D eigenvalue weighted by atomic mass is 9.71. The predicted molar refractivity (Wildman–Crippen MR) is 105 cm³/mol. The minimum atomic E-state index is -0.0141. The largest absolute Gasteiger partial charge is 0.486 e. The summed E-state index contributed by atoms with van der Waals surface area (Å²) in [5.41, 5.74) is 4.09. The van der Waals surface area contributed by atoms with Crippen molar-refractivity contribution in [3.63, 3.8) is 0 Å². The number of ether oxygens (including phenoxy) is 2. The fraction of sp³-hybridized carbons (Fsp3) is 0.545. The van der Waals surface area contributed by atoms with Crippen LogP contribution in [0.3, 0.4) is 0 Å². The van der Waals surface area contributed by atoms with Crippen molar-refractivity contribution >= 4 is 5.91 Å². The van der Waals surface area contributed by atoms with Crippen LogP contribution in [0.5, 0.6) is 11.5 Å². The molecule has 148 valence electrons. The van der Waals surface area contributed by atoms with Crippen LogP contribution in [0.25, 0.3) is 0 Å². The van der Waals surface area contributed by atoms with E-state index in [4.69, 9.17) is 9.47 Å². The average molecular weight is 381 g/mol. The molecule has 1 aromatic heterocycles. The number of fused-ring (bicyclic) bond motifs is 3. The van der Waals surface area contributed by atoms with Gasteiger partial charge in [0.05, 0.1) is 11.7 Å². The smallest absolute Gasteiger partial charge is 0.272 e. The van der Waals surface area contributed by atoms with E-state index in [1.165, 1.54) is 24.0 Å². The number of rotatable bonds is 1. The Kier molecular flexibility index (Phi) is 3.93. The lowest BCUT2D eigenvalue weighted by Gasteiger charge is -2.46. The van der Waals surface area contributed by atoms with Crippen molar-refractivity contribution in [1.29, 1.82) is 0 Å². The van der Waals surface area contributed by atoms with Crippen molar-refractivity contribution in [3.8, 4) is 11.5 Å². The third kappa shape index (κ3) is 2.54. The van der Waals surface area contributed by atoms with Crippen molar-refractivity contribution in [1.82, 2.24) is 14.7 Å². The second-order valence-electron chi connectivity index (χ2n) is 8.47. The summed E-state index contributed by atoms with van der Waals surface area (Å²) in [5.74, 6) is 1.71. The van der Waals surface area contributed by atoms with E-state index in [-0.39, 0.29) is 17.4 Å². The van der Waals surface area contributed by atoms with E-state index < -0.39 is 0 Å². The minimum Gasteiger partial charge on any atom is -0.486 e. The second kappa shape index (κ2) is 6.26. The van der Waals surface area contributed by atoms with Crippen molar-refractivity contribution in [2.45, 2.75) is 51.0 Å². The quantitative estimate of drug-likeness (QED) is 0.758. The Labute approximate surface area is 165 Å². The summed E-state index contributed by atoms with van der Waals surface area (Å²) < 4.78 is 13.4. The third-order valence-electron chi connectivity index (χ3n) is 6.72. The van der Waals surface area contributed by atoms with Crippen LogP contribution in [0, 0.1) is 6.92 Å². The van der Waals surface area contributed by atoms with Crippen LogP contribution < -0.4 is 9.47 Å². The summed E-state index contributed by atoms with van der Waals surface area (Å²) in [4.78, 5) is 15.5. The number of aryl methyl sites for hydroxylation is 2. The molecule has 0 saturated heterocycles. The fourth-order valence-electron chi connectivity index (χ4n) is 5.31. The number of benzene rings is 1. The number of carbonyl (C=O) groups is 1. The molecule has 5 rings (SSSR count). The van der Waals surface area contributed by atoms with Gasteiger partial charge in [-0.15, -0.1) is 0 Å². The van der Waals surface area contributed by atoms with Crippen molar-refractivity contribution < 1.29 is 14.3 Å². The number of aromatic nitrogens is 2. The highest BCUT2D eigenvalue weighted by molar-refractivity contribution is 5.93. The maximum absolute atomic E-state index is 13.5. The van der Waals surface area contributed by atoms with Gasteiger partial charge in [0, 0.05) is 19.0 Å². The van der Waals surface area contributed by atoms with Gasteiger partial charge >= 0.3 is 0 Å². The molecule has 1 amide bonds. The first-order chi connectivity index (χ1) is 13.5. The van der Waals surface area contributed by atoms with E-state index in [1.807, 2.05) is 24.9 Å². The van der Waals surface area contributed by atoms with Crippen LogP contribution in [0.1, 0.15) is 66.0 Å². The highest BCUT2D eigenvalue weighted by Crippen LogP contribution is 2.52. The van der Waals surface area contributed by atoms with E-state index >= 15 is 0 Å². The standard InChI is InChI=1S/C22H27N3O3/c1-14-10-18(24(3)23-14)21(26)25-13-22(6-4-5-7-22)17-12-20-19(27-8-9-28-20)11-16(17)15(25)2/h10-12,15H,4-9,13H2,1-3H3. The Morgan fingerprint density at radius 3 is 2.46 bits per heavy atom. The van der Waals surface area contributed by atoms with Gasteiger partial charge in [0.25, 0.3) is 5.91 Å². The molecule has 6 nitrogen and oxygen atoms in total. The van der Waals surface area contributed by atoms with E-state index in [0.717, 1.165) is 36.6 Å². The average Bonchev–Trinajstić information content (AvgIpc) is 3.30. The monoisotopic (exact) mass is 381 g/mol. The number of amides is 1. The van der Waals surface area contributed by atoms with Gasteiger partial charge in [-0.05, 0) is 56.0 Å². The number of hydrogen-bond donors (Lipinski definition) is 0. The molecule has 0 radical (unpaired) electrons. The normalized spacial score (nSPS) is 22.4. The molecule has 6 heteroatoms. The zero-order valence-electron chi connectivity index (χ0n) is 16.8. The van der Waals surface area contributed by atoms with Crippen LogP contribution in [0.2, 0.25) is 0 Å². The molecule has 1 fully saturated rings. The second-order valence-corrected chi connectivity index (χ2v) is 8.47. The maximum atomic E-state index is 13.5. The van der Waals surface area contributed by atoms with Gasteiger partial charge in [-0.25, -0.2) is 0 Å². The van der Waals surface area contributed by atoms with Gasteiger partial charge < -0.3 is 14.4 Å². The summed E-state index contributed by atoms with van der Waals surface area (Å²) in [7, 11) is 1.84. The Morgan fingerprint density at radius 1 is 1.14 bits per heavy atom. The summed E-state index contributed by atoms with van der Waals surface area (Å²) >= 11 is 0. The molecular weight excluding hydrogens is 354 g/mol. The first-order valence-electron chi connectivity index (χ1n) is 10.2. The molecule has 3 aliphatic rings. The molecule has 1 atom stereocenters. The van der Waals surface area contributed by atoms with Crippen LogP contribution in [0.4, 0.5) is 0 Å². The first-order valence-corrected chi connectivity index (χ1v) is 10.2. The van der Waals surface area contributed by atoms with Gasteiger partial charge in [-0.1, -0.05) is 12.8 Å². The molecule has 1 aromatic carbocycles. The zero-order chi connectivity index (χ0) is 19.5. The molecule has 28 heavy (non-hydrogen) atoms. The molecule has 1 aliphatic carbocycles. The highest BCUT2D eigenvalue weighted by atomic mass is 16.6. The molecule has 1 saturated carbocycles. The van der Waals surface area contributed by atoms with Gasteiger partial charge in [-0.3, -0.25) is 9.48 Å². The third-order valence-corrected chi connectivity index (χ3v) is 6.72. The Morgan fingerprint density at radius 2 is 1.82 bits per heavy atom. The number of nitrogens with zero attached hydrogens (tertiary/aromatic N) is 3. The molecular formula is C22H27N3O3. The van der Waals surface area contributed by atoms with E-state index in [2.05, 4.69) is 24.2 Å². The summed E-state index contributed by atoms with van der Waals surface area (Å²) in [6, 6.07) is 6.18. The lowest BCUT2D eigenvalue weighted by molar-refractivity contribution is 0.0582. The van der Waals surface area contributed by atoms with Crippen molar-refractivity contribution in [2.75, 3.05) is 19.8 Å². The predicted octanol–water partition coefficient (Wildman–Crippen LogP) is 3.53. The van der Waals surface area contributed by atoms with Gasteiger partial charge in [0.15, 0.2) is 11.5 Å². The molecule has 1 spiro atoms. The minimum absolute atomic E-state index is 0.0141. The summed E-state index contributed by atoms with van der Waals surface area (Å²) in [5, 5.41) is 4.38.